The van der Waals surface area contributed by atoms with Crippen molar-refractivity contribution in [3.63, 3.8) is 0 Å². The van der Waals surface area contributed by atoms with Crippen LogP contribution in [0.3, 0.4) is 0 Å². The van der Waals surface area contributed by atoms with Crippen LogP contribution in [0.5, 0.6) is 0 Å². The van der Waals surface area contributed by atoms with Gasteiger partial charge in [-0.05, 0) is 49.8 Å². The summed E-state index contributed by atoms with van der Waals surface area (Å²) in [6, 6.07) is 5.91. The molecule has 2 aliphatic rings. The molecule has 1 aliphatic carbocycles. The van der Waals surface area contributed by atoms with Crippen molar-refractivity contribution in [3.05, 3.63) is 49.1 Å². The van der Waals surface area contributed by atoms with Crippen LogP contribution in [-0.4, -0.2) is 36.6 Å². The number of likely N-dealkylation sites (tertiary alicyclic amines) is 1. The lowest BCUT2D eigenvalue weighted by Gasteiger charge is -2.32. The topological polar surface area (TPSA) is 73.5 Å². The number of hydrogen-bond donors (Lipinski definition) is 3. The van der Waals surface area contributed by atoms with E-state index in [1.807, 2.05) is 0 Å². The highest BCUT2D eigenvalue weighted by atomic mass is 35.5. The fourth-order valence-electron chi connectivity index (χ4n) is 4.02. The number of nitrogens with one attached hydrogen (secondary N) is 3. The minimum absolute atomic E-state index is 0. The number of halogens is 2. The molecule has 0 bridgehead atoms. The first-order chi connectivity index (χ1) is 14.5. The summed E-state index contributed by atoms with van der Waals surface area (Å²) in [6.07, 6.45) is 9.86. The number of carbonyl (C=O) groups excluding carboxylic acids is 2. The van der Waals surface area contributed by atoms with Crippen LogP contribution in [0, 0.1) is 26.8 Å². The molecule has 1 heterocycles. The number of nitrogens with zero attached hydrogens (tertiary/aromatic N) is 1. The largest absolute Gasteiger partial charge is 0.338 e. The van der Waals surface area contributed by atoms with Crippen LogP contribution >= 0.6 is 23.2 Å². The first-order valence-corrected chi connectivity index (χ1v) is 11.7. The second kappa shape index (κ2) is 14.5. The summed E-state index contributed by atoms with van der Waals surface area (Å²) in [6.45, 7) is 1.95. The predicted molar refractivity (Wildman–Crippen MR) is 133 cm³/mol. The SMILES string of the molecule is O=C(NCC1CCN(C(=O)Nc2ccc(Cl)cc2Cl)CC1)N[C]1CCCCCCC1.[CH2].[CH2]. The third-order valence-electron chi connectivity index (χ3n) is 5.87. The van der Waals surface area contributed by atoms with Crippen molar-refractivity contribution in [1.29, 1.82) is 0 Å². The first-order valence-electron chi connectivity index (χ1n) is 10.9. The van der Waals surface area contributed by atoms with Crippen molar-refractivity contribution >= 4 is 41.0 Å². The number of piperidine rings is 1. The summed E-state index contributed by atoms with van der Waals surface area (Å²) in [5.41, 5.74) is 0.554. The van der Waals surface area contributed by atoms with Gasteiger partial charge < -0.3 is 20.9 Å². The zero-order valence-electron chi connectivity index (χ0n) is 18.7. The van der Waals surface area contributed by atoms with Crippen molar-refractivity contribution in [3.8, 4) is 0 Å². The Labute approximate surface area is 203 Å². The Kier molecular flexibility index (Phi) is 12.8. The molecule has 3 N–H and O–H groups in total. The van der Waals surface area contributed by atoms with Crippen LogP contribution in [0.1, 0.15) is 57.8 Å². The normalized spacial score (nSPS) is 17.8. The smallest absolute Gasteiger partial charge is 0.321 e. The quantitative estimate of drug-likeness (QED) is 0.460. The molecule has 1 aromatic rings. The number of carbonyl (C=O) groups is 2. The Morgan fingerprint density at radius 3 is 2.19 bits per heavy atom. The Hall–Kier alpha value is -1.66. The molecule has 8 heteroatoms. The fourth-order valence-corrected chi connectivity index (χ4v) is 4.48. The molecule has 2 fully saturated rings. The summed E-state index contributed by atoms with van der Waals surface area (Å²) in [5, 5.41) is 9.86. The summed E-state index contributed by atoms with van der Waals surface area (Å²) in [4.78, 5) is 26.5. The molecule has 0 unspecified atom stereocenters. The molecule has 6 nitrogen and oxygen atoms in total. The second-order valence-corrected chi connectivity index (χ2v) is 9.03. The fraction of sp³-hybridized carbons (Fsp3) is 0.542. The third kappa shape index (κ3) is 9.07. The predicted octanol–water partition coefficient (Wildman–Crippen LogP) is 6.47. The Balaban J connectivity index is 0.00000256. The highest BCUT2D eigenvalue weighted by Gasteiger charge is 2.24. The van der Waals surface area contributed by atoms with Gasteiger partial charge in [-0.15, -0.1) is 0 Å². The van der Waals surface area contributed by atoms with Gasteiger partial charge >= 0.3 is 12.1 Å². The number of hydrogen-bond acceptors (Lipinski definition) is 2. The van der Waals surface area contributed by atoms with Gasteiger partial charge in [-0.2, -0.15) is 0 Å². The summed E-state index contributed by atoms with van der Waals surface area (Å²) in [7, 11) is 0. The van der Waals surface area contributed by atoms with Gasteiger partial charge in [-0.25, -0.2) is 9.59 Å². The van der Waals surface area contributed by atoms with E-state index in [0.29, 0.717) is 41.3 Å². The van der Waals surface area contributed by atoms with Crippen molar-refractivity contribution in [2.75, 3.05) is 25.0 Å². The molecule has 177 valence electrons. The molecule has 3 rings (SSSR count). The second-order valence-electron chi connectivity index (χ2n) is 8.19. The van der Waals surface area contributed by atoms with Gasteiger partial charge in [0.25, 0.3) is 0 Å². The van der Waals surface area contributed by atoms with Crippen molar-refractivity contribution in [2.45, 2.75) is 57.8 Å². The number of rotatable bonds is 4. The highest BCUT2D eigenvalue weighted by Crippen LogP contribution is 2.26. The van der Waals surface area contributed by atoms with Crippen LogP contribution in [0.2, 0.25) is 10.0 Å². The highest BCUT2D eigenvalue weighted by molar-refractivity contribution is 6.36. The van der Waals surface area contributed by atoms with E-state index in [0.717, 1.165) is 38.5 Å². The molecule has 0 aromatic heterocycles. The average Bonchev–Trinajstić information content (AvgIpc) is 2.71. The molecular weight excluding hydrogens is 447 g/mol. The van der Waals surface area contributed by atoms with E-state index < -0.39 is 0 Å². The van der Waals surface area contributed by atoms with Gasteiger partial charge in [0.1, 0.15) is 0 Å². The lowest BCUT2D eigenvalue weighted by Crippen LogP contribution is -2.45. The minimum atomic E-state index is -0.163. The van der Waals surface area contributed by atoms with Gasteiger partial charge in [0.05, 0.1) is 16.8 Å². The van der Waals surface area contributed by atoms with E-state index in [2.05, 4.69) is 16.0 Å². The van der Waals surface area contributed by atoms with E-state index in [9.17, 15) is 9.59 Å². The van der Waals surface area contributed by atoms with Crippen LogP contribution < -0.4 is 16.0 Å². The molecule has 4 amide bonds. The average molecular weight is 482 g/mol. The Morgan fingerprint density at radius 1 is 0.938 bits per heavy atom. The van der Waals surface area contributed by atoms with Crippen LogP contribution in [0.25, 0.3) is 0 Å². The minimum Gasteiger partial charge on any atom is -0.338 e. The molecule has 1 saturated heterocycles. The lowest BCUT2D eigenvalue weighted by molar-refractivity contribution is 0.181. The zero-order chi connectivity index (χ0) is 21.3. The van der Waals surface area contributed by atoms with Crippen LogP contribution in [0.4, 0.5) is 15.3 Å². The number of anilines is 1. The third-order valence-corrected chi connectivity index (χ3v) is 6.42. The summed E-state index contributed by atoms with van der Waals surface area (Å²) in [5.74, 6) is 0.376. The first kappa shape index (κ1) is 28.4. The van der Waals surface area contributed by atoms with Gasteiger partial charge in [-0.1, -0.05) is 70.2 Å². The molecule has 1 aromatic carbocycles. The van der Waals surface area contributed by atoms with E-state index in [1.165, 1.54) is 25.3 Å². The molecule has 5 radical (unpaired) electrons. The van der Waals surface area contributed by atoms with Crippen LogP contribution in [0.15, 0.2) is 18.2 Å². The van der Waals surface area contributed by atoms with Crippen molar-refractivity contribution in [2.24, 2.45) is 5.92 Å². The monoisotopic (exact) mass is 481 g/mol. The summed E-state index contributed by atoms with van der Waals surface area (Å²) < 4.78 is 0. The van der Waals surface area contributed by atoms with Gasteiger partial charge in [0, 0.05) is 24.7 Å². The maximum absolute atomic E-state index is 12.5. The number of amides is 4. The molecule has 1 saturated carbocycles. The lowest BCUT2D eigenvalue weighted by atomic mass is 9.96. The Morgan fingerprint density at radius 2 is 1.56 bits per heavy atom. The van der Waals surface area contributed by atoms with Crippen LogP contribution in [-0.2, 0) is 0 Å². The number of benzene rings is 1. The van der Waals surface area contributed by atoms with Gasteiger partial charge in [0.15, 0.2) is 0 Å². The Bertz CT molecular complexity index is 716. The maximum atomic E-state index is 12.5. The van der Waals surface area contributed by atoms with E-state index in [4.69, 9.17) is 23.2 Å². The van der Waals surface area contributed by atoms with Crippen molar-refractivity contribution in [1.82, 2.24) is 15.5 Å². The number of urea groups is 2. The standard InChI is InChI=1S/C22H31Cl2N4O2.2CH2/c23-17-8-9-20(19(24)14-17)27-22(30)28-12-10-16(11-13-28)15-25-21(29)26-18-6-4-2-1-3-5-7-18;;/h8-9,14,16H,1-7,10-13,15H2,(H,27,30)(H2,25,26,29);2*1H2. The molecule has 0 spiro atoms. The molecule has 0 atom stereocenters. The van der Waals surface area contributed by atoms with Crippen molar-refractivity contribution < 1.29 is 9.59 Å². The molecule has 32 heavy (non-hydrogen) atoms. The van der Waals surface area contributed by atoms with E-state index >= 15 is 0 Å². The molecular formula is C24H35Cl2N4O2. The maximum Gasteiger partial charge on any atom is 0.321 e. The van der Waals surface area contributed by atoms with Gasteiger partial charge in [0.2, 0.25) is 0 Å². The molecule has 1 aliphatic heterocycles. The summed E-state index contributed by atoms with van der Waals surface area (Å²) >= 11 is 12.0. The van der Waals surface area contributed by atoms with Gasteiger partial charge in [-0.3, -0.25) is 0 Å². The van der Waals surface area contributed by atoms with E-state index in [-0.39, 0.29) is 26.9 Å². The van der Waals surface area contributed by atoms with E-state index in [1.54, 1.807) is 23.1 Å². The zero-order valence-corrected chi connectivity index (χ0v) is 20.2.